The summed E-state index contributed by atoms with van der Waals surface area (Å²) in [6.45, 7) is 5.22. The largest absolute Gasteiger partial charge is 0.334 e. The van der Waals surface area contributed by atoms with Gasteiger partial charge in [0.2, 0.25) is 0 Å². The molecular formula is C14H23N5OS. The summed E-state index contributed by atoms with van der Waals surface area (Å²) in [5, 5.41) is 5.72. The maximum atomic E-state index is 12.8. The first kappa shape index (κ1) is 14.9. The number of carbonyl (C=O) groups excluding carboxylic acids is 1. The Balaban J connectivity index is 1.85. The van der Waals surface area contributed by atoms with Crippen LogP contribution in [-0.4, -0.2) is 45.1 Å². The summed E-state index contributed by atoms with van der Waals surface area (Å²) in [7, 11) is 0. The van der Waals surface area contributed by atoms with Crippen LogP contribution in [0, 0.1) is 5.92 Å². The van der Waals surface area contributed by atoms with Crippen molar-refractivity contribution in [3.05, 3.63) is 11.1 Å². The molecule has 1 aromatic rings. The normalized spacial score (nSPS) is 33.9. The number of nitrogens with one attached hydrogen (secondary N) is 2. The SMILES string of the molecule is CC1NNC(C)C1C1CCCCCN1C(=O)c1csnn1. The average Bonchev–Trinajstić information content (AvgIpc) is 3.04. The van der Waals surface area contributed by atoms with Crippen LogP contribution in [0.2, 0.25) is 0 Å². The van der Waals surface area contributed by atoms with Gasteiger partial charge in [0.15, 0.2) is 5.69 Å². The second-order valence-corrected chi connectivity index (χ2v) is 6.76. The average molecular weight is 309 g/mol. The van der Waals surface area contributed by atoms with Crippen molar-refractivity contribution in [2.75, 3.05) is 6.54 Å². The van der Waals surface area contributed by atoms with Crippen LogP contribution in [-0.2, 0) is 0 Å². The lowest BCUT2D eigenvalue weighted by molar-refractivity contribution is 0.0587. The Hall–Kier alpha value is -1.05. The molecule has 2 aliphatic heterocycles. The van der Waals surface area contributed by atoms with Crippen molar-refractivity contribution in [3.8, 4) is 0 Å². The zero-order chi connectivity index (χ0) is 14.8. The van der Waals surface area contributed by atoms with Crippen LogP contribution in [0.1, 0.15) is 50.0 Å². The molecule has 3 rings (SSSR count). The van der Waals surface area contributed by atoms with Crippen molar-refractivity contribution in [3.63, 3.8) is 0 Å². The monoisotopic (exact) mass is 309 g/mol. The molecule has 6 nitrogen and oxygen atoms in total. The molecule has 0 aliphatic carbocycles. The van der Waals surface area contributed by atoms with Gasteiger partial charge in [-0.05, 0) is 38.2 Å². The standard InChI is InChI=1S/C14H23N5OS/c1-9-13(10(2)16-15-9)12-6-4-3-5-7-19(12)14(20)11-8-21-18-17-11/h8-10,12-13,15-16H,3-7H2,1-2H3. The van der Waals surface area contributed by atoms with Gasteiger partial charge < -0.3 is 4.90 Å². The first-order valence-electron chi connectivity index (χ1n) is 7.77. The Labute approximate surface area is 129 Å². The quantitative estimate of drug-likeness (QED) is 0.865. The summed E-state index contributed by atoms with van der Waals surface area (Å²) in [5.74, 6) is 0.473. The Bertz CT molecular complexity index is 470. The molecule has 0 bridgehead atoms. The summed E-state index contributed by atoms with van der Waals surface area (Å²) < 4.78 is 3.83. The number of likely N-dealkylation sites (tertiary alicyclic amines) is 1. The molecule has 2 saturated heterocycles. The van der Waals surface area contributed by atoms with Gasteiger partial charge in [0.25, 0.3) is 5.91 Å². The number of aromatic nitrogens is 2. The summed E-state index contributed by atoms with van der Waals surface area (Å²) in [4.78, 5) is 14.8. The Morgan fingerprint density at radius 3 is 2.71 bits per heavy atom. The molecule has 2 aliphatic rings. The fraction of sp³-hybridized carbons (Fsp3) is 0.786. The fourth-order valence-corrected chi connectivity index (χ4v) is 4.18. The first-order chi connectivity index (χ1) is 10.2. The topological polar surface area (TPSA) is 70.2 Å². The van der Waals surface area contributed by atoms with E-state index in [-0.39, 0.29) is 11.9 Å². The second kappa shape index (κ2) is 6.37. The number of carbonyl (C=O) groups is 1. The van der Waals surface area contributed by atoms with E-state index in [0.717, 1.165) is 19.4 Å². The number of amides is 1. The van der Waals surface area contributed by atoms with E-state index >= 15 is 0 Å². The van der Waals surface area contributed by atoms with E-state index in [4.69, 9.17) is 0 Å². The molecule has 2 fully saturated rings. The van der Waals surface area contributed by atoms with Crippen molar-refractivity contribution in [2.24, 2.45) is 5.92 Å². The highest BCUT2D eigenvalue weighted by atomic mass is 32.1. The Morgan fingerprint density at radius 1 is 1.29 bits per heavy atom. The maximum absolute atomic E-state index is 12.8. The van der Waals surface area contributed by atoms with Gasteiger partial charge in [0.1, 0.15) is 0 Å². The van der Waals surface area contributed by atoms with Crippen molar-refractivity contribution in [1.29, 1.82) is 0 Å². The minimum Gasteiger partial charge on any atom is -0.334 e. The number of hydrogen-bond acceptors (Lipinski definition) is 6. The second-order valence-electron chi connectivity index (χ2n) is 6.15. The third-order valence-electron chi connectivity index (χ3n) is 4.78. The number of hydrazine groups is 1. The molecule has 3 atom stereocenters. The Kier molecular flexibility index (Phi) is 4.51. The highest BCUT2D eigenvalue weighted by Gasteiger charge is 2.41. The lowest BCUT2D eigenvalue weighted by Crippen LogP contribution is -2.49. The van der Waals surface area contributed by atoms with Gasteiger partial charge in [0.05, 0.1) is 0 Å². The van der Waals surface area contributed by atoms with Crippen LogP contribution < -0.4 is 10.9 Å². The molecule has 116 valence electrons. The zero-order valence-electron chi connectivity index (χ0n) is 12.6. The van der Waals surface area contributed by atoms with Crippen molar-refractivity contribution < 1.29 is 4.79 Å². The summed E-state index contributed by atoms with van der Waals surface area (Å²) in [6.07, 6.45) is 4.55. The van der Waals surface area contributed by atoms with Crippen LogP contribution in [0.25, 0.3) is 0 Å². The molecule has 21 heavy (non-hydrogen) atoms. The highest BCUT2D eigenvalue weighted by molar-refractivity contribution is 7.03. The van der Waals surface area contributed by atoms with Gasteiger partial charge in [-0.3, -0.25) is 15.6 Å². The third kappa shape index (κ3) is 2.95. The van der Waals surface area contributed by atoms with Crippen molar-refractivity contribution in [2.45, 2.75) is 57.7 Å². The predicted molar refractivity (Wildman–Crippen MR) is 81.9 cm³/mol. The van der Waals surface area contributed by atoms with Gasteiger partial charge in [-0.2, -0.15) is 0 Å². The van der Waals surface area contributed by atoms with Gasteiger partial charge >= 0.3 is 0 Å². The van der Waals surface area contributed by atoms with Crippen molar-refractivity contribution >= 4 is 17.4 Å². The van der Waals surface area contributed by atoms with Crippen LogP contribution in [0.3, 0.4) is 0 Å². The van der Waals surface area contributed by atoms with E-state index in [1.807, 2.05) is 0 Å². The van der Waals surface area contributed by atoms with Crippen LogP contribution in [0.4, 0.5) is 0 Å². The minimum absolute atomic E-state index is 0.0435. The zero-order valence-corrected chi connectivity index (χ0v) is 13.4. The van der Waals surface area contributed by atoms with Gasteiger partial charge in [-0.1, -0.05) is 17.3 Å². The molecule has 0 aromatic carbocycles. The molecule has 2 N–H and O–H groups in total. The molecule has 0 radical (unpaired) electrons. The third-order valence-corrected chi connectivity index (χ3v) is 5.28. The van der Waals surface area contributed by atoms with Gasteiger partial charge in [-0.15, -0.1) is 5.10 Å². The molecule has 0 spiro atoms. The van der Waals surface area contributed by atoms with Gasteiger partial charge in [0, 0.05) is 36.0 Å². The molecular weight excluding hydrogens is 286 g/mol. The molecule has 0 saturated carbocycles. The van der Waals surface area contributed by atoms with E-state index in [9.17, 15) is 4.79 Å². The molecule has 3 heterocycles. The number of nitrogens with zero attached hydrogens (tertiary/aromatic N) is 3. The summed E-state index contributed by atoms with van der Waals surface area (Å²) in [6, 6.07) is 1.01. The van der Waals surface area contributed by atoms with Crippen molar-refractivity contribution in [1.82, 2.24) is 25.3 Å². The maximum Gasteiger partial charge on any atom is 0.275 e. The molecule has 7 heteroatoms. The predicted octanol–water partition coefficient (Wildman–Crippen LogP) is 1.42. The van der Waals surface area contributed by atoms with E-state index in [0.29, 0.717) is 23.7 Å². The lowest BCUT2D eigenvalue weighted by atomic mass is 9.85. The van der Waals surface area contributed by atoms with E-state index in [1.54, 1.807) is 5.38 Å². The van der Waals surface area contributed by atoms with Crippen LogP contribution >= 0.6 is 11.5 Å². The number of hydrogen-bond donors (Lipinski definition) is 2. The fourth-order valence-electron chi connectivity index (χ4n) is 3.75. The smallest absolute Gasteiger partial charge is 0.275 e. The van der Waals surface area contributed by atoms with Gasteiger partial charge in [-0.25, -0.2) is 0 Å². The molecule has 3 unspecified atom stereocenters. The number of rotatable bonds is 2. The van der Waals surface area contributed by atoms with Crippen LogP contribution in [0.15, 0.2) is 5.38 Å². The summed E-state index contributed by atoms with van der Waals surface area (Å²) >= 11 is 1.24. The molecule has 1 amide bonds. The minimum atomic E-state index is 0.0435. The van der Waals surface area contributed by atoms with E-state index in [2.05, 4.69) is 39.2 Å². The summed E-state index contributed by atoms with van der Waals surface area (Å²) in [5.41, 5.74) is 7.13. The lowest BCUT2D eigenvalue weighted by Gasteiger charge is -2.36. The van der Waals surface area contributed by atoms with E-state index in [1.165, 1.54) is 24.4 Å². The Morgan fingerprint density at radius 2 is 2.05 bits per heavy atom. The highest BCUT2D eigenvalue weighted by Crippen LogP contribution is 2.30. The van der Waals surface area contributed by atoms with Crippen LogP contribution in [0.5, 0.6) is 0 Å². The first-order valence-corrected chi connectivity index (χ1v) is 8.61. The molecule has 1 aromatic heterocycles. The van der Waals surface area contributed by atoms with E-state index < -0.39 is 0 Å².